The molecule has 2 heterocycles. The van der Waals surface area contributed by atoms with Crippen LogP contribution in [0.2, 0.25) is 0 Å². The molecule has 0 fully saturated rings. The maximum absolute atomic E-state index is 9.00. The van der Waals surface area contributed by atoms with Gasteiger partial charge in [-0.1, -0.05) is 6.92 Å². The van der Waals surface area contributed by atoms with Crippen molar-refractivity contribution in [1.29, 1.82) is 5.26 Å². The third kappa shape index (κ3) is 6.39. The van der Waals surface area contributed by atoms with E-state index < -0.39 is 0 Å². The summed E-state index contributed by atoms with van der Waals surface area (Å²) in [6.07, 6.45) is 6.91. The predicted octanol–water partition coefficient (Wildman–Crippen LogP) is 3.82. The summed E-state index contributed by atoms with van der Waals surface area (Å²) in [5, 5.41) is 17.5. The van der Waals surface area contributed by atoms with E-state index in [2.05, 4.69) is 45.3 Å². The molecule has 0 saturated heterocycles. The van der Waals surface area contributed by atoms with Crippen molar-refractivity contribution in [3.63, 3.8) is 0 Å². The largest absolute Gasteiger partial charge is 0.439 e. The molecule has 0 aromatic carbocycles. The molecule has 0 radical (unpaired) electrons. The predicted molar refractivity (Wildman–Crippen MR) is 114 cm³/mol. The zero-order valence-corrected chi connectivity index (χ0v) is 16.9. The summed E-state index contributed by atoms with van der Waals surface area (Å²) >= 11 is 1.41. The molecular weight excluding hydrogens is 372 g/mol. The summed E-state index contributed by atoms with van der Waals surface area (Å²) in [4.78, 5) is 12.5. The molecule has 0 aliphatic heterocycles. The molecule has 1 aliphatic carbocycles. The summed E-state index contributed by atoms with van der Waals surface area (Å²) in [5.74, 6) is 1.10. The number of hydrogen-bond acceptors (Lipinski definition) is 8. The molecule has 1 aliphatic rings. The van der Waals surface area contributed by atoms with Crippen LogP contribution >= 0.6 is 11.3 Å². The van der Waals surface area contributed by atoms with Crippen LogP contribution in [0.5, 0.6) is 5.88 Å². The van der Waals surface area contributed by atoms with Gasteiger partial charge in [0.05, 0.1) is 17.3 Å². The Labute approximate surface area is 169 Å². The van der Waals surface area contributed by atoms with Gasteiger partial charge in [-0.15, -0.1) is 11.3 Å². The van der Waals surface area contributed by atoms with Crippen LogP contribution < -0.4 is 15.4 Å². The highest BCUT2D eigenvalue weighted by molar-refractivity contribution is 7.13. The molecule has 8 heteroatoms. The number of aliphatic imine (C=N–C) groups is 1. The lowest BCUT2D eigenvalue weighted by Gasteiger charge is -2.12. The van der Waals surface area contributed by atoms with Crippen LogP contribution in [0.3, 0.4) is 0 Å². The lowest BCUT2D eigenvalue weighted by Crippen LogP contribution is -2.24. The highest BCUT2D eigenvalue weighted by atomic mass is 32.1. The van der Waals surface area contributed by atoms with Crippen LogP contribution in [-0.2, 0) is 0 Å². The smallest absolute Gasteiger partial charge is 0.228 e. The third-order valence-corrected chi connectivity index (χ3v) is 4.43. The fourth-order valence-electron chi connectivity index (χ4n) is 2.32. The first-order valence-corrected chi connectivity index (χ1v) is 9.81. The van der Waals surface area contributed by atoms with E-state index in [0.717, 1.165) is 37.3 Å². The second-order valence-electron chi connectivity index (χ2n) is 5.69. The summed E-state index contributed by atoms with van der Waals surface area (Å²) < 4.78 is 5.86. The van der Waals surface area contributed by atoms with E-state index in [0.29, 0.717) is 22.3 Å². The standard InChI is InChI=1S/C16H12N4OS.C4H12N2/c1-18-16-20-14(10-22-16)13-6-3-7-19-15(13)21-12-5-2-4-11(8-12)9-17;1-3-6-4-5-2/h3,5-8,10H,1-2,4H2;5-6H,3-4H2,1-2H3. The zero-order valence-electron chi connectivity index (χ0n) is 16.1. The molecular formula is C20H24N6OS. The van der Waals surface area contributed by atoms with Gasteiger partial charge in [-0.3, -0.25) is 0 Å². The number of pyridine rings is 1. The van der Waals surface area contributed by atoms with Crippen molar-refractivity contribution in [2.75, 3.05) is 20.3 Å². The Morgan fingerprint density at radius 3 is 2.96 bits per heavy atom. The van der Waals surface area contributed by atoms with Crippen molar-refractivity contribution in [1.82, 2.24) is 20.6 Å². The van der Waals surface area contributed by atoms with Gasteiger partial charge >= 0.3 is 0 Å². The Kier molecular flexibility index (Phi) is 9.01. The summed E-state index contributed by atoms with van der Waals surface area (Å²) in [6.45, 7) is 7.51. The molecule has 0 unspecified atom stereocenters. The van der Waals surface area contributed by atoms with E-state index in [-0.39, 0.29) is 0 Å². The molecule has 0 spiro atoms. The van der Waals surface area contributed by atoms with Gasteiger partial charge in [0.2, 0.25) is 11.0 Å². The molecule has 2 aromatic rings. The molecule has 0 bridgehead atoms. The van der Waals surface area contributed by atoms with E-state index in [1.165, 1.54) is 11.3 Å². The normalized spacial score (nSPS) is 12.8. The van der Waals surface area contributed by atoms with Crippen molar-refractivity contribution in [2.24, 2.45) is 4.99 Å². The van der Waals surface area contributed by atoms with Crippen molar-refractivity contribution in [2.45, 2.75) is 19.8 Å². The van der Waals surface area contributed by atoms with E-state index in [1.54, 1.807) is 12.3 Å². The molecule has 28 heavy (non-hydrogen) atoms. The monoisotopic (exact) mass is 396 g/mol. The summed E-state index contributed by atoms with van der Waals surface area (Å²) in [5.41, 5.74) is 2.24. The molecule has 7 nitrogen and oxygen atoms in total. The van der Waals surface area contributed by atoms with Crippen LogP contribution in [0.4, 0.5) is 5.13 Å². The second-order valence-corrected chi connectivity index (χ2v) is 6.53. The average molecular weight is 397 g/mol. The lowest BCUT2D eigenvalue weighted by molar-refractivity contribution is 0.423. The lowest BCUT2D eigenvalue weighted by atomic mass is 10.1. The van der Waals surface area contributed by atoms with Gasteiger partial charge in [-0.05, 0) is 57.4 Å². The minimum absolute atomic E-state index is 0.463. The van der Waals surface area contributed by atoms with Crippen LogP contribution in [0, 0.1) is 11.3 Å². The number of rotatable bonds is 7. The minimum atomic E-state index is 0.463. The topological polar surface area (TPSA) is 95.2 Å². The van der Waals surface area contributed by atoms with Gasteiger partial charge in [-0.2, -0.15) is 5.26 Å². The van der Waals surface area contributed by atoms with Gasteiger partial charge < -0.3 is 15.4 Å². The molecule has 3 rings (SSSR count). The maximum Gasteiger partial charge on any atom is 0.228 e. The van der Waals surface area contributed by atoms with Gasteiger partial charge in [0.15, 0.2) is 0 Å². The number of nitrogens with one attached hydrogen (secondary N) is 2. The first kappa shape index (κ1) is 21.4. The molecule has 2 N–H and O–H groups in total. The van der Waals surface area contributed by atoms with E-state index in [9.17, 15) is 0 Å². The molecule has 146 valence electrons. The highest BCUT2D eigenvalue weighted by Gasteiger charge is 2.14. The minimum Gasteiger partial charge on any atom is -0.439 e. The molecule has 0 atom stereocenters. The Morgan fingerprint density at radius 2 is 2.32 bits per heavy atom. The molecule has 0 amide bonds. The van der Waals surface area contributed by atoms with E-state index in [4.69, 9.17) is 10.00 Å². The summed E-state index contributed by atoms with van der Waals surface area (Å²) in [6, 6.07) is 5.89. The van der Waals surface area contributed by atoms with Gasteiger partial charge in [-0.25, -0.2) is 15.0 Å². The van der Waals surface area contributed by atoms with Crippen molar-refractivity contribution < 1.29 is 4.74 Å². The van der Waals surface area contributed by atoms with E-state index in [1.807, 2.05) is 30.6 Å². The highest BCUT2D eigenvalue weighted by Crippen LogP contribution is 2.33. The average Bonchev–Trinajstić information content (AvgIpc) is 3.22. The van der Waals surface area contributed by atoms with E-state index >= 15 is 0 Å². The van der Waals surface area contributed by atoms with Crippen LogP contribution in [0.1, 0.15) is 19.8 Å². The SMILES string of the molecule is C=Nc1nc(-c2cccnc2OC2=CCCC(C#N)=C2)cs1.CCNCNC. The number of hydrogen-bond donors (Lipinski definition) is 2. The third-order valence-electron chi connectivity index (χ3n) is 3.66. The first-order chi connectivity index (χ1) is 13.7. The van der Waals surface area contributed by atoms with Crippen LogP contribution in [0.15, 0.2) is 52.2 Å². The van der Waals surface area contributed by atoms with Crippen molar-refractivity contribution >= 4 is 23.2 Å². The fourth-order valence-corrected chi connectivity index (χ4v) is 2.94. The van der Waals surface area contributed by atoms with Gasteiger partial charge in [0.1, 0.15) is 5.76 Å². The Morgan fingerprint density at radius 1 is 1.46 bits per heavy atom. The number of allylic oxidation sites excluding steroid dienone is 3. The Bertz CT molecular complexity index is 877. The molecule has 0 saturated carbocycles. The number of aromatic nitrogens is 2. The zero-order chi connectivity index (χ0) is 20.2. The van der Waals surface area contributed by atoms with Crippen molar-refractivity contribution in [3.05, 3.63) is 47.2 Å². The van der Waals surface area contributed by atoms with Gasteiger partial charge in [0.25, 0.3) is 0 Å². The molecule has 2 aromatic heterocycles. The van der Waals surface area contributed by atoms with Crippen LogP contribution in [-0.4, -0.2) is 36.9 Å². The number of nitriles is 1. The summed E-state index contributed by atoms with van der Waals surface area (Å²) in [7, 11) is 1.92. The number of nitrogens with zero attached hydrogens (tertiary/aromatic N) is 4. The fraction of sp³-hybridized carbons (Fsp3) is 0.300. The van der Waals surface area contributed by atoms with Crippen molar-refractivity contribution in [3.8, 4) is 23.2 Å². The quantitative estimate of drug-likeness (QED) is 0.420. The number of ether oxygens (including phenoxy) is 1. The first-order valence-electron chi connectivity index (χ1n) is 8.93. The maximum atomic E-state index is 9.00. The second kappa shape index (κ2) is 11.8. The Balaban J connectivity index is 0.000000409. The van der Waals surface area contributed by atoms with Gasteiger partial charge in [0, 0.05) is 23.8 Å². The Hall–Kier alpha value is -2.86. The number of thiazole rings is 1. The van der Waals surface area contributed by atoms with Crippen LogP contribution in [0.25, 0.3) is 11.3 Å².